The maximum atomic E-state index is 12.6. The molecule has 1 N–H and O–H groups in total. The van der Waals surface area contributed by atoms with Crippen molar-refractivity contribution < 1.29 is 17.7 Å². The monoisotopic (exact) mass is 384 g/mol. The lowest BCUT2D eigenvalue weighted by Crippen LogP contribution is -2.35. The van der Waals surface area contributed by atoms with E-state index in [0.29, 0.717) is 25.2 Å². The smallest absolute Gasteiger partial charge is 0.292 e. The summed E-state index contributed by atoms with van der Waals surface area (Å²) < 4.78 is 32.7. The standard InChI is InChI=1S/C18H16N4O4S/c23-18(17-5-8-20-26-17)22-9-6-13-3-4-16(10-14(13)12-22)27(24,25)21-15-2-1-7-19-11-15/h1-5,7-8,10-11,21H,6,9,12H2. The van der Waals surface area contributed by atoms with E-state index in [1.165, 1.54) is 18.5 Å². The Morgan fingerprint density at radius 2 is 2.04 bits per heavy atom. The van der Waals surface area contributed by atoms with Crippen LogP contribution in [0.3, 0.4) is 0 Å². The number of hydrogen-bond donors (Lipinski definition) is 1. The Balaban J connectivity index is 1.58. The van der Waals surface area contributed by atoms with Gasteiger partial charge in [-0.2, -0.15) is 0 Å². The van der Waals surface area contributed by atoms with Crippen molar-refractivity contribution in [2.45, 2.75) is 17.9 Å². The van der Waals surface area contributed by atoms with Crippen LogP contribution in [-0.4, -0.2) is 35.9 Å². The lowest BCUT2D eigenvalue weighted by molar-refractivity contribution is 0.0692. The quantitative estimate of drug-likeness (QED) is 0.738. The van der Waals surface area contributed by atoms with Gasteiger partial charge in [-0.15, -0.1) is 0 Å². The third kappa shape index (κ3) is 3.54. The van der Waals surface area contributed by atoms with Crippen LogP contribution in [0.5, 0.6) is 0 Å². The van der Waals surface area contributed by atoms with E-state index in [0.717, 1.165) is 11.1 Å². The highest BCUT2D eigenvalue weighted by molar-refractivity contribution is 7.92. The van der Waals surface area contributed by atoms with Crippen LogP contribution in [-0.2, 0) is 23.0 Å². The minimum Gasteiger partial charge on any atom is -0.351 e. The molecule has 8 nitrogen and oxygen atoms in total. The van der Waals surface area contributed by atoms with E-state index in [1.54, 1.807) is 41.4 Å². The first-order chi connectivity index (χ1) is 13.0. The number of sulfonamides is 1. The molecular weight excluding hydrogens is 368 g/mol. The normalized spacial score (nSPS) is 13.9. The molecule has 3 aromatic rings. The fourth-order valence-corrected chi connectivity index (χ4v) is 4.09. The number of amides is 1. The van der Waals surface area contributed by atoms with Gasteiger partial charge in [-0.3, -0.25) is 14.5 Å². The first kappa shape index (κ1) is 17.2. The Hall–Kier alpha value is -3.20. The Bertz CT molecular complexity index is 1070. The van der Waals surface area contributed by atoms with Crippen LogP contribution in [0, 0.1) is 0 Å². The molecule has 9 heteroatoms. The minimum atomic E-state index is -3.75. The minimum absolute atomic E-state index is 0.138. The van der Waals surface area contributed by atoms with Crippen LogP contribution in [0.4, 0.5) is 5.69 Å². The number of carbonyl (C=O) groups excluding carboxylic acids is 1. The number of aromatic nitrogens is 2. The van der Waals surface area contributed by atoms with E-state index >= 15 is 0 Å². The molecule has 1 aliphatic rings. The molecule has 27 heavy (non-hydrogen) atoms. The number of fused-ring (bicyclic) bond motifs is 1. The number of nitrogens with zero attached hydrogens (tertiary/aromatic N) is 3. The summed E-state index contributed by atoms with van der Waals surface area (Å²) in [5.74, 6) is -0.0969. The van der Waals surface area contributed by atoms with E-state index < -0.39 is 10.0 Å². The lowest BCUT2D eigenvalue weighted by Gasteiger charge is -2.28. The first-order valence-corrected chi connectivity index (χ1v) is 9.76. The molecule has 1 aromatic carbocycles. The highest BCUT2D eigenvalue weighted by Crippen LogP contribution is 2.25. The summed E-state index contributed by atoms with van der Waals surface area (Å²) in [7, 11) is -3.75. The van der Waals surface area contributed by atoms with E-state index in [2.05, 4.69) is 14.9 Å². The summed E-state index contributed by atoms with van der Waals surface area (Å²) in [6.07, 6.45) is 5.07. The third-order valence-corrected chi connectivity index (χ3v) is 5.73. The van der Waals surface area contributed by atoms with Gasteiger partial charge in [0.1, 0.15) is 0 Å². The van der Waals surface area contributed by atoms with Gasteiger partial charge < -0.3 is 9.42 Å². The van der Waals surface area contributed by atoms with Gasteiger partial charge in [-0.05, 0) is 41.8 Å². The Labute approximate surface area is 155 Å². The van der Waals surface area contributed by atoms with Crippen molar-refractivity contribution in [1.82, 2.24) is 15.0 Å². The number of nitrogens with one attached hydrogen (secondary N) is 1. The topological polar surface area (TPSA) is 105 Å². The summed E-state index contributed by atoms with van der Waals surface area (Å²) >= 11 is 0. The predicted octanol–water partition coefficient (Wildman–Crippen LogP) is 2.07. The lowest BCUT2D eigenvalue weighted by atomic mass is 10.00. The van der Waals surface area contributed by atoms with E-state index in [4.69, 9.17) is 4.52 Å². The van der Waals surface area contributed by atoms with Crippen LogP contribution >= 0.6 is 0 Å². The second kappa shape index (κ2) is 6.84. The molecule has 1 amide bonds. The van der Waals surface area contributed by atoms with Crippen LogP contribution in [0.15, 0.2) is 64.4 Å². The summed E-state index contributed by atoms with van der Waals surface area (Å²) in [6, 6.07) is 9.76. The number of carbonyl (C=O) groups is 1. The van der Waals surface area contributed by atoms with Crippen LogP contribution in [0.1, 0.15) is 21.7 Å². The van der Waals surface area contributed by atoms with Crippen molar-refractivity contribution in [1.29, 1.82) is 0 Å². The Morgan fingerprint density at radius 1 is 1.15 bits per heavy atom. The SMILES string of the molecule is O=C(c1ccno1)N1CCc2ccc(S(=O)(=O)Nc3cccnc3)cc2C1. The average molecular weight is 384 g/mol. The zero-order valence-corrected chi connectivity index (χ0v) is 15.0. The van der Waals surface area contributed by atoms with Crippen molar-refractivity contribution >= 4 is 21.6 Å². The highest BCUT2D eigenvalue weighted by atomic mass is 32.2. The van der Waals surface area contributed by atoms with Gasteiger partial charge in [-0.1, -0.05) is 11.2 Å². The molecule has 0 fully saturated rings. The zero-order chi connectivity index (χ0) is 18.9. The number of anilines is 1. The fourth-order valence-electron chi connectivity index (χ4n) is 2.99. The number of hydrogen-bond acceptors (Lipinski definition) is 6. The number of pyridine rings is 1. The second-order valence-corrected chi connectivity index (χ2v) is 7.81. The molecule has 0 saturated heterocycles. The van der Waals surface area contributed by atoms with Gasteiger partial charge in [0.05, 0.1) is 23.0 Å². The predicted molar refractivity (Wildman–Crippen MR) is 96.4 cm³/mol. The largest absolute Gasteiger partial charge is 0.351 e. The van der Waals surface area contributed by atoms with Crippen molar-refractivity contribution in [2.24, 2.45) is 0 Å². The maximum Gasteiger partial charge on any atom is 0.292 e. The van der Waals surface area contributed by atoms with Gasteiger partial charge in [-0.25, -0.2) is 8.42 Å². The molecule has 0 spiro atoms. The fraction of sp³-hybridized carbons (Fsp3) is 0.167. The number of rotatable bonds is 4. The molecule has 0 bridgehead atoms. The van der Waals surface area contributed by atoms with E-state index in [1.807, 2.05) is 0 Å². The Morgan fingerprint density at radius 3 is 2.78 bits per heavy atom. The summed E-state index contributed by atoms with van der Waals surface area (Å²) in [5, 5.41) is 3.55. The maximum absolute atomic E-state index is 12.6. The molecule has 3 heterocycles. The molecule has 0 unspecified atom stereocenters. The Kier molecular flexibility index (Phi) is 4.36. The van der Waals surface area contributed by atoms with Crippen LogP contribution in [0.2, 0.25) is 0 Å². The zero-order valence-electron chi connectivity index (χ0n) is 14.2. The molecule has 0 saturated carbocycles. The molecule has 2 aromatic heterocycles. The van der Waals surface area contributed by atoms with E-state index in [9.17, 15) is 13.2 Å². The van der Waals surface area contributed by atoms with Gasteiger partial charge in [0.25, 0.3) is 15.9 Å². The van der Waals surface area contributed by atoms with Crippen molar-refractivity contribution in [3.8, 4) is 0 Å². The van der Waals surface area contributed by atoms with E-state index in [-0.39, 0.29) is 16.6 Å². The van der Waals surface area contributed by atoms with Crippen LogP contribution in [0.25, 0.3) is 0 Å². The second-order valence-electron chi connectivity index (χ2n) is 6.13. The van der Waals surface area contributed by atoms with Gasteiger partial charge in [0, 0.05) is 25.4 Å². The molecular formula is C18H16N4O4S. The molecule has 0 radical (unpaired) electrons. The molecule has 138 valence electrons. The summed E-state index contributed by atoms with van der Waals surface area (Å²) in [5.41, 5.74) is 2.21. The van der Waals surface area contributed by atoms with Gasteiger partial charge in [0.2, 0.25) is 5.76 Å². The third-order valence-electron chi connectivity index (χ3n) is 4.35. The van der Waals surface area contributed by atoms with Gasteiger partial charge >= 0.3 is 0 Å². The van der Waals surface area contributed by atoms with Crippen molar-refractivity contribution in [2.75, 3.05) is 11.3 Å². The highest BCUT2D eigenvalue weighted by Gasteiger charge is 2.25. The number of benzene rings is 1. The molecule has 0 atom stereocenters. The molecule has 1 aliphatic heterocycles. The molecule has 0 aliphatic carbocycles. The average Bonchev–Trinajstić information content (AvgIpc) is 3.22. The first-order valence-electron chi connectivity index (χ1n) is 8.27. The van der Waals surface area contributed by atoms with Crippen molar-refractivity contribution in [3.63, 3.8) is 0 Å². The summed E-state index contributed by atoms with van der Waals surface area (Å²) in [6.45, 7) is 0.845. The van der Waals surface area contributed by atoms with Crippen LogP contribution < -0.4 is 4.72 Å². The molecule has 4 rings (SSSR count). The summed E-state index contributed by atoms with van der Waals surface area (Å²) in [4.78, 5) is 18.1. The van der Waals surface area contributed by atoms with Crippen molar-refractivity contribution in [3.05, 3.63) is 71.9 Å². The van der Waals surface area contributed by atoms with Gasteiger partial charge in [0.15, 0.2) is 0 Å².